The van der Waals surface area contributed by atoms with Gasteiger partial charge in [0.05, 0.1) is 5.39 Å². The highest BCUT2D eigenvalue weighted by atomic mass is 15.2. The van der Waals surface area contributed by atoms with E-state index in [1.807, 2.05) is 12.1 Å². The van der Waals surface area contributed by atoms with Crippen LogP contribution in [0, 0.1) is 0 Å². The highest BCUT2D eigenvalue weighted by Gasteiger charge is 2.12. The van der Waals surface area contributed by atoms with Crippen LogP contribution < -0.4 is 4.90 Å². The van der Waals surface area contributed by atoms with Crippen LogP contribution in [0.1, 0.15) is 6.42 Å². The summed E-state index contributed by atoms with van der Waals surface area (Å²) in [4.78, 5) is 15.0. The lowest BCUT2D eigenvalue weighted by Gasteiger charge is -2.25. The highest BCUT2D eigenvalue weighted by molar-refractivity contribution is 5.86. The van der Waals surface area contributed by atoms with Gasteiger partial charge < -0.3 is 4.90 Å². The van der Waals surface area contributed by atoms with Gasteiger partial charge in [0.2, 0.25) is 0 Å². The summed E-state index contributed by atoms with van der Waals surface area (Å²) in [6.45, 7) is 1.93. The summed E-state index contributed by atoms with van der Waals surface area (Å²) in [6, 6.07) is 3.95. The van der Waals surface area contributed by atoms with Crippen LogP contribution in [0.15, 0.2) is 36.8 Å². The van der Waals surface area contributed by atoms with Crippen LogP contribution in [0.3, 0.4) is 0 Å². The van der Waals surface area contributed by atoms with Crippen molar-refractivity contribution in [1.29, 1.82) is 0 Å². The zero-order chi connectivity index (χ0) is 10.8. The fourth-order valence-electron chi connectivity index (χ4n) is 1.97. The van der Waals surface area contributed by atoms with E-state index < -0.39 is 0 Å². The van der Waals surface area contributed by atoms with Gasteiger partial charge in [0.1, 0.15) is 12.1 Å². The lowest BCUT2D eigenvalue weighted by Crippen LogP contribution is -2.27. The van der Waals surface area contributed by atoms with Crippen molar-refractivity contribution in [3.8, 4) is 0 Å². The van der Waals surface area contributed by atoms with E-state index in [4.69, 9.17) is 0 Å². The van der Waals surface area contributed by atoms with Crippen molar-refractivity contribution in [1.82, 2.24) is 15.0 Å². The molecule has 0 aromatic carbocycles. The average Bonchev–Trinajstić information content (AvgIpc) is 2.39. The smallest absolute Gasteiger partial charge is 0.164 e. The SMILES string of the molecule is C1=CCN(c2ncnc3ncccc23)CC1. The maximum atomic E-state index is 4.37. The molecular formula is C12H12N4. The minimum atomic E-state index is 0.766. The van der Waals surface area contributed by atoms with Gasteiger partial charge >= 0.3 is 0 Å². The maximum Gasteiger partial charge on any atom is 0.164 e. The van der Waals surface area contributed by atoms with Crippen molar-refractivity contribution in [3.05, 3.63) is 36.8 Å². The van der Waals surface area contributed by atoms with Gasteiger partial charge in [0.15, 0.2) is 5.65 Å². The Labute approximate surface area is 93.7 Å². The molecule has 3 rings (SSSR count). The number of hydrogen-bond acceptors (Lipinski definition) is 4. The van der Waals surface area contributed by atoms with Gasteiger partial charge in [-0.2, -0.15) is 0 Å². The number of nitrogens with zero attached hydrogens (tertiary/aromatic N) is 4. The van der Waals surface area contributed by atoms with Crippen molar-refractivity contribution in [2.45, 2.75) is 6.42 Å². The zero-order valence-electron chi connectivity index (χ0n) is 8.87. The van der Waals surface area contributed by atoms with E-state index in [0.29, 0.717) is 0 Å². The molecule has 0 saturated heterocycles. The van der Waals surface area contributed by atoms with Crippen LogP contribution in [-0.2, 0) is 0 Å². The van der Waals surface area contributed by atoms with Gasteiger partial charge in [-0.05, 0) is 18.6 Å². The van der Waals surface area contributed by atoms with Gasteiger partial charge in [0, 0.05) is 19.3 Å². The molecule has 0 saturated carbocycles. The van der Waals surface area contributed by atoms with Crippen LogP contribution >= 0.6 is 0 Å². The molecule has 80 valence electrons. The van der Waals surface area contributed by atoms with E-state index in [2.05, 4.69) is 32.0 Å². The third-order valence-electron chi connectivity index (χ3n) is 2.75. The molecule has 1 aliphatic rings. The molecule has 0 bridgehead atoms. The molecule has 2 aromatic heterocycles. The van der Waals surface area contributed by atoms with E-state index in [1.54, 1.807) is 12.5 Å². The minimum absolute atomic E-state index is 0.766. The largest absolute Gasteiger partial charge is 0.352 e. The highest BCUT2D eigenvalue weighted by Crippen LogP contribution is 2.22. The van der Waals surface area contributed by atoms with Crippen molar-refractivity contribution in [2.24, 2.45) is 0 Å². The van der Waals surface area contributed by atoms with Gasteiger partial charge in [-0.1, -0.05) is 12.2 Å². The predicted molar refractivity (Wildman–Crippen MR) is 63.3 cm³/mol. The number of anilines is 1. The van der Waals surface area contributed by atoms with E-state index in [1.165, 1.54) is 0 Å². The first-order chi connectivity index (χ1) is 7.95. The molecule has 0 aliphatic carbocycles. The summed E-state index contributed by atoms with van der Waals surface area (Å²) in [5.74, 6) is 0.988. The predicted octanol–water partition coefficient (Wildman–Crippen LogP) is 1.79. The molecule has 0 fully saturated rings. The second-order valence-electron chi connectivity index (χ2n) is 3.78. The average molecular weight is 212 g/mol. The van der Waals surface area contributed by atoms with E-state index in [0.717, 1.165) is 36.4 Å². The monoisotopic (exact) mass is 212 g/mol. The lowest BCUT2D eigenvalue weighted by atomic mass is 10.2. The fourth-order valence-corrected chi connectivity index (χ4v) is 1.97. The molecule has 0 amide bonds. The summed E-state index contributed by atoms with van der Waals surface area (Å²) in [5, 5.41) is 1.03. The molecule has 0 spiro atoms. The summed E-state index contributed by atoms with van der Waals surface area (Å²) >= 11 is 0. The first-order valence-corrected chi connectivity index (χ1v) is 5.41. The Morgan fingerprint density at radius 1 is 1.12 bits per heavy atom. The number of fused-ring (bicyclic) bond motifs is 1. The quantitative estimate of drug-likeness (QED) is 0.676. The van der Waals surface area contributed by atoms with E-state index >= 15 is 0 Å². The van der Waals surface area contributed by atoms with Crippen molar-refractivity contribution < 1.29 is 0 Å². The number of aromatic nitrogens is 3. The third kappa shape index (κ3) is 1.52. The fraction of sp³-hybridized carbons (Fsp3) is 0.250. The maximum absolute atomic E-state index is 4.37. The molecule has 3 heterocycles. The molecule has 1 aliphatic heterocycles. The van der Waals surface area contributed by atoms with Crippen LogP contribution in [0.4, 0.5) is 5.82 Å². The molecule has 4 heteroatoms. The Morgan fingerprint density at radius 2 is 2.12 bits per heavy atom. The number of pyridine rings is 1. The van der Waals surface area contributed by atoms with Crippen molar-refractivity contribution in [3.63, 3.8) is 0 Å². The van der Waals surface area contributed by atoms with Crippen LogP contribution in [-0.4, -0.2) is 28.0 Å². The second kappa shape index (κ2) is 3.89. The van der Waals surface area contributed by atoms with Crippen LogP contribution in [0.25, 0.3) is 11.0 Å². The van der Waals surface area contributed by atoms with Gasteiger partial charge in [0.25, 0.3) is 0 Å². The normalized spacial score (nSPS) is 15.6. The summed E-state index contributed by atoms with van der Waals surface area (Å²) in [6.07, 6.45) is 8.80. The van der Waals surface area contributed by atoms with Crippen LogP contribution in [0.5, 0.6) is 0 Å². The Kier molecular flexibility index (Phi) is 2.25. The van der Waals surface area contributed by atoms with Crippen molar-refractivity contribution in [2.75, 3.05) is 18.0 Å². The van der Waals surface area contributed by atoms with Crippen molar-refractivity contribution >= 4 is 16.9 Å². The second-order valence-corrected chi connectivity index (χ2v) is 3.78. The Bertz CT molecular complexity index is 530. The van der Waals surface area contributed by atoms with Crippen LogP contribution in [0.2, 0.25) is 0 Å². The molecular weight excluding hydrogens is 200 g/mol. The van der Waals surface area contributed by atoms with E-state index in [-0.39, 0.29) is 0 Å². The minimum Gasteiger partial charge on any atom is -0.352 e. The molecule has 16 heavy (non-hydrogen) atoms. The number of hydrogen-bond donors (Lipinski definition) is 0. The molecule has 0 unspecified atom stereocenters. The number of rotatable bonds is 1. The molecule has 0 N–H and O–H groups in total. The summed E-state index contributed by atoms with van der Waals surface area (Å²) in [5.41, 5.74) is 0.766. The first-order valence-electron chi connectivity index (χ1n) is 5.41. The molecule has 2 aromatic rings. The Morgan fingerprint density at radius 3 is 3.00 bits per heavy atom. The lowest BCUT2D eigenvalue weighted by molar-refractivity contribution is 0.807. The van der Waals surface area contributed by atoms with Gasteiger partial charge in [-0.15, -0.1) is 0 Å². The molecule has 4 nitrogen and oxygen atoms in total. The Hall–Kier alpha value is -1.97. The molecule has 0 radical (unpaired) electrons. The Balaban J connectivity index is 2.12. The first kappa shape index (κ1) is 9.27. The summed E-state index contributed by atoms with van der Waals surface area (Å²) < 4.78 is 0. The standard InChI is InChI=1S/C12H12N4/c1-2-7-16(8-3-1)12-10-5-4-6-13-11(10)14-9-15-12/h1-2,4-6,9H,3,7-8H2. The zero-order valence-corrected chi connectivity index (χ0v) is 8.87. The van der Waals surface area contributed by atoms with Gasteiger partial charge in [-0.25, -0.2) is 15.0 Å². The summed E-state index contributed by atoms with van der Waals surface area (Å²) in [7, 11) is 0. The van der Waals surface area contributed by atoms with Gasteiger partial charge in [-0.3, -0.25) is 0 Å². The topological polar surface area (TPSA) is 41.9 Å². The third-order valence-corrected chi connectivity index (χ3v) is 2.75. The van der Waals surface area contributed by atoms with E-state index in [9.17, 15) is 0 Å². The molecule has 0 atom stereocenters.